The molecule has 0 unspecified atom stereocenters. The minimum Gasteiger partial charge on any atom is -0.461 e. The predicted molar refractivity (Wildman–Crippen MR) is 86.5 cm³/mol. The van der Waals surface area contributed by atoms with E-state index >= 15 is 0 Å². The number of hydrogen-bond donors (Lipinski definition) is 1. The van der Waals surface area contributed by atoms with Gasteiger partial charge in [0.25, 0.3) is 0 Å². The molecule has 130 valence electrons. The highest BCUT2D eigenvalue weighted by atomic mass is 19.4. The first-order valence-corrected chi connectivity index (χ1v) is 8.10. The van der Waals surface area contributed by atoms with Crippen LogP contribution in [0, 0.1) is 0 Å². The number of alkyl halides is 3. The molecule has 4 rings (SSSR count). The number of pyridine rings is 1. The number of benzene rings is 1. The number of ether oxygens (including phenoxy) is 1. The van der Waals surface area contributed by atoms with Gasteiger partial charge in [0.1, 0.15) is 5.69 Å². The molecule has 4 nitrogen and oxygen atoms in total. The number of H-pyrrole nitrogens is 1. The molecule has 0 atom stereocenters. The minimum absolute atomic E-state index is 0.00301. The molecule has 0 amide bonds. The van der Waals surface area contributed by atoms with Crippen molar-refractivity contribution in [3.8, 4) is 0 Å². The third-order valence-corrected chi connectivity index (χ3v) is 4.41. The molecule has 0 radical (unpaired) electrons. The molecule has 0 aliphatic heterocycles. The number of carbonyl (C=O) groups is 1. The molecule has 1 fully saturated rings. The van der Waals surface area contributed by atoms with Crippen LogP contribution in [-0.4, -0.2) is 22.5 Å². The summed E-state index contributed by atoms with van der Waals surface area (Å²) in [5.74, 6) is -0.699. The first kappa shape index (κ1) is 15.9. The van der Waals surface area contributed by atoms with Crippen LogP contribution in [0.5, 0.6) is 0 Å². The van der Waals surface area contributed by atoms with Crippen LogP contribution in [0.1, 0.15) is 47.4 Å². The fourth-order valence-corrected chi connectivity index (χ4v) is 3.27. The van der Waals surface area contributed by atoms with Crippen molar-refractivity contribution in [2.45, 2.75) is 31.9 Å². The van der Waals surface area contributed by atoms with Crippen LogP contribution in [0.2, 0.25) is 0 Å². The van der Waals surface area contributed by atoms with Gasteiger partial charge in [-0.3, -0.25) is 0 Å². The summed E-state index contributed by atoms with van der Waals surface area (Å²) in [5.41, 5.74) is 0.0844. The van der Waals surface area contributed by atoms with Crippen LogP contribution in [0.4, 0.5) is 13.2 Å². The average Bonchev–Trinajstić information content (AvgIpc) is 3.32. The molecule has 0 spiro atoms. The quantitative estimate of drug-likeness (QED) is 0.693. The Morgan fingerprint density at radius 3 is 2.68 bits per heavy atom. The van der Waals surface area contributed by atoms with E-state index in [1.54, 1.807) is 25.1 Å². The van der Waals surface area contributed by atoms with Crippen LogP contribution in [-0.2, 0) is 10.9 Å². The number of para-hydroxylation sites is 1. The Morgan fingerprint density at radius 1 is 1.32 bits per heavy atom. The van der Waals surface area contributed by atoms with Crippen LogP contribution < -0.4 is 0 Å². The lowest BCUT2D eigenvalue weighted by atomic mass is 10.0. The third-order valence-electron chi connectivity index (χ3n) is 4.41. The standard InChI is InChI=1S/C18H15F3N2O2/c1-2-25-17(24)15-12(9-7-8-9)13-14(23-15)10-5-3-4-6-11(10)22-16(13)18(19,20)21/h3-6,9,23H,2,7-8H2,1H3. The Morgan fingerprint density at radius 2 is 2.04 bits per heavy atom. The fraction of sp³-hybridized carbons (Fsp3) is 0.333. The zero-order valence-corrected chi connectivity index (χ0v) is 13.4. The van der Waals surface area contributed by atoms with E-state index in [0.29, 0.717) is 16.5 Å². The average molecular weight is 348 g/mol. The first-order valence-electron chi connectivity index (χ1n) is 8.10. The van der Waals surface area contributed by atoms with Crippen molar-refractivity contribution in [1.29, 1.82) is 0 Å². The number of aromatic amines is 1. The zero-order valence-electron chi connectivity index (χ0n) is 13.4. The smallest absolute Gasteiger partial charge is 0.434 e. The number of nitrogens with zero attached hydrogens (tertiary/aromatic N) is 1. The summed E-state index contributed by atoms with van der Waals surface area (Å²) in [6.45, 7) is 1.82. The highest BCUT2D eigenvalue weighted by Gasteiger charge is 2.41. The maximum Gasteiger partial charge on any atom is 0.434 e. The van der Waals surface area contributed by atoms with E-state index in [1.165, 1.54) is 6.07 Å². The molecule has 1 N–H and O–H groups in total. The van der Waals surface area contributed by atoms with Crippen LogP contribution in [0.15, 0.2) is 24.3 Å². The number of fused-ring (bicyclic) bond motifs is 3. The number of aromatic nitrogens is 2. The summed E-state index contributed by atoms with van der Waals surface area (Å²) >= 11 is 0. The number of halogens is 3. The lowest BCUT2D eigenvalue weighted by molar-refractivity contribution is -0.139. The molecule has 7 heteroatoms. The molecule has 0 saturated heterocycles. The van der Waals surface area contributed by atoms with E-state index < -0.39 is 17.8 Å². The molecule has 3 aromatic rings. The van der Waals surface area contributed by atoms with Gasteiger partial charge in [0.2, 0.25) is 0 Å². The maximum atomic E-state index is 13.7. The molecular formula is C18H15F3N2O2. The Labute approximate surface area is 141 Å². The Bertz CT molecular complexity index is 987. The number of esters is 1. The largest absolute Gasteiger partial charge is 0.461 e. The monoisotopic (exact) mass is 348 g/mol. The number of rotatable bonds is 3. The number of nitrogens with one attached hydrogen (secondary N) is 1. The molecule has 2 heterocycles. The van der Waals surface area contributed by atoms with Gasteiger partial charge in [0, 0.05) is 10.8 Å². The van der Waals surface area contributed by atoms with Gasteiger partial charge >= 0.3 is 12.1 Å². The topological polar surface area (TPSA) is 55.0 Å². The van der Waals surface area contributed by atoms with Gasteiger partial charge in [0.15, 0.2) is 5.69 Å². The lowest BCUT2D eigenvalue weighted by Gasteiger charge is -2.11. The van der Waals surface area contributed by atoms with Gasteiger partial charge in [-0.1, -0.05) is 18.2 Å². The summed E-state index contributed by atoms with van der Waals surface area (Å²) in [4.78, 5) is 19.1. The van der Waals surface area contributed by atoms with Crippen molar-refractivity contribution in [1.82, 2.24) is 9.97 Å². The van der Waals surface area contributed by atoms with E-state index in [1.807, 2.05) is 0 Å². The minimum atomic E-state index is -4.61. The molecule has 1 aliphatic carbocycles. The number of hydrogen-bond acceptors (Lipinski definition) is 3. The van der Waals surface area contributed by atoms with Gasteiger partial charge in [-0.15, -0.1) is 0 Å². The molecule has 1 saturated carbocycles. The molecule has 1 aromatic carbocycles. The molecule has 0 bridgehead atoms. The molecule has 2 aromatic heterocycles. The van der Waals surface area contributed by atoms with Crippen LogP contribution >= 0.6 is 0 Å². The normalized spacial score (nSPS) is 15.0. The second-order valence-corrected chi connectivity index (χ2v) is 6.13. The van der Waals surface area contributed by atoms with E-state index in [-0.39, 0.29) is 29.1 Å². The first-order chi connectivity index (χ1) is 11.9. The summed E-state index contributed by atoms with van der Waals surface area (Å²) in [5, 5.41) is 0.555. The second kappa shape index (κ2) is 5.47. The van der Waals surface area contributed by atoms with E-state index in [0.717, 1.165) is 12.8 Å². The SMILES string of the molecule is CCOC(=O)c1[nH]c2c(c(C(F)(F)F)nc3ccccc32)c1C1CC1. The van der Waals surface area contributed by atoms with E-state index in [4.69, 9.17) is 4.74 Å². The van der Waals surface area contributed by atoms with Crippen LogP contribution in [0.3, 0.4) is 0 Å². The summed E-state index contributed by atoms with van der Waals surface area (Å²) in [7, 11) is 0. The highest BCUT2D eigenvalue weighted by Crippen LogP contribution is 2.49. The van der Waals surface area contributed by atoms with E-state index in [9.17, 15) is 18.0 Å². The van der Waals surface area contributed by atoms with Crippen molar-refractivity contribution in [2.24, 2.45) is 0 Å². The predicted octanol–water partition coefficient (Wildman–Crippen LogP) is 4.79. The van der Waals surface area contributed by atoms with Crippen molar-refractivity contribution < 1.29 is 22.7 Å². The summed E-state index contributed by atoms with van der Waals surface area (Å²) in [6, 6.07) is 6.61. The molecule has 1 aliphatic rings. The number of carbonyl (C=O) groups excluding carboxylic acids is 1. The van der Waals surface area contributed by atoms with Crippen molar-refractivity contribution >= 4 is 27.8 Å². The summed E-state index contributed by atoms with van der Waals surface area (Å²) in [6.07, 6.45) is -3.10. The molecular weight excluding hydrogens is 333 g/mol. The fourth-order valence-electron chi connectivity index (χ4n) is 3.27. The van der Waals surface area contributed by atoms with E-state index in [2.05, 4.69) is 9.97 Å². The van der Waals surface area contributed by atoms with Gasteiger partial charge in [-0.05, 0) is 37.3 Å². The van der Waals surface area contributed by atoms with Crippen molar-refractivity contribution in [2.75, 3.05) is 6.61 Å². The van der Waals surface area contributed by atoms with Gasteiger partial charge in [-0.2, -0.15) is 13.2 Å². The second-order valence-electron chi connectivity index (χ2n) is 6.13. The Hall–Kier alpha value is -2.57. The Balaban J connectivity index is 2.14. The Kier molecular flexibility index (Phi) is 3.49. The van der Waals surface area contributed by atoms with Gasteiger partial charge in [-0.25, -0.2) is 9.78 Å². The highest BCUT2D eigenvalue weighted by molar-refractivity contribution is 6.10. The van der Waals surface area contributed by atoms with Gasteiger partial charge < -0.3 is 9.72 Å². The van der Waals surface area contributed by atoms with Crippen molar-refractivity contribution in [3.63, 3.8) is 0 Å². The maximum absolute atomic E-state index is 13.7. The summed E-state index contributed by atoms with van der Waals surface area (Å²) < 4.78 is 46.1. The third kappa shape index (κ3) is 2.54. The lowest BCUT2D eigenvalue weighted by Crippen LogP contribution is -2.10. The molecule has 25 heavy (non-hydrogen) atoms. The van der Waals surface area contributed by atoms with Crippen molar-refractivity contribution in [3.05, 3.63) is 41.2 Å². The van der Waals surface area contributed by atoms with Gasteiger partial charge in [0.05, 0.1) is 17.6 Å². The zero-order chi connectivity index (χ0) is 17.8. The van der Waals surface area contributed by atoms with Crippen LogP contribution in [0.25, 0.3) is 21.8 Å².